The van der Waals surface area contributed by atoms with Crippen molar-refractivity contribution in [1.82, 2.24) is 4.98 Å². The van der Waals surface area contributed by atoms with Crippen molar-refractivity contribution in [3.05, 3.63) is 78.3 Å². The van der Waals surface area contributed by atoms with Gasteiger partial charge in [-0.2, -0.15) is 0 Å². The average molecular weight is 364 g/mol. The lowest BCUT2D eigenvalue weighted by atomic mass is 10.2. The Bertz CT molecular complexity index is 1030. The summed E-state index contributed by atoms with van der Waals surface area (Å²) in [6.07, 6.45) is 1.60. The monoisotopic (exact) mass is 364 g/mol. The van der Waals surface area contributed by atoms with E-state index >= 15 is 0 Å². The number of carbonyl (C=O) groups excluding carboxylic acids is 1. The molecule has 130 valence electrons. The molecule has 0 atom stereocenters. The molecule has 0 fully saturated rings. The highest BCUT2D eigenvalue weighted by molar-refractivity contribution is 7.22. The van der Waals surface area contributed by atoms with E-state index < -0.39 is 0 Å². The van der Waals surface area contributed by atoms with Crippen LogP contribution in [0.4, 0.5) is 5.13 Å². The maximum absolute atomic E-state index is 13.1. The number of anilines is 1. The van der Waals surface area contributed by atoms with Gasteiger partial charge in [0.05, 0.1) is 24.6 Å². The first-order valence-corrected chi connectivity index (χ1v) is 8.91. The van der Waals surface area contributed by atoms with Crippen LogP contribution < -0.4 is 9.64 Å². The fourth-order valence-electron chi connectivity index (χ4n) is 2.71. The minimum Gasteiger partial charge on any atom is -0.494 e. The summed E-state index contributed by atoms with van der Waals surface area (Å²) in [5.41, 5.74) is 1.35. The van der Waals surface area contributed by atoms with Crippen LogP contribution >= 0.6 is 11.3 Å². The Labute approximate surface area is 154 Å². The molecule has 4 aromatic rings. The highest BCUT2D eigenvalue weighted by Gasteiger charge is 2.23. The van der Waals surface area contributed by atoms with Gasteiger partial charge in [-0.05, 0) is 36.4 Å². The second kappa shape index (κ2) is 7.01. The van der Waals surface area contributed by atoms with E-state index in [-0.39, 0.29) is 5.91 Å². The number of rotatable bonds is 5. The lowest BCUT2D eigenvalue weighted by Crippen LogP contribution is -2.30. The molecule has 2 aromatic heterocycles. The van der Waals surface area contributed by atoms with Gasteiger partial charge in [0.2, 0.25) is 0 Å². The number of ether oxygens (including phenoxy) is 1. The molecular weight excluding hydrogens is 348 g/mol. The quantitative estimate of drug-likeness (QED) is 0.513. The highest BCUT2D eigenvalue weighted by atomic mass is 32.1. The van der Waals surface area contributed by atoms with Crippen LogP contribution in [0, 0.1) is 0 Å². The Morgan fingerprint density at radius 1 is 1.12 bits per heavy atom. The van der Waals surface area contributed by atoms with Gasteiger partial charge < -0.3 is 9.15 Å². The summed E-state index contributed by atoms with van der Waals surface area (Å²) >= 11 is 1.45. The molecular formula is C20H16N2O3S. The van der Waals surface area contributed by atoms with Crippen LogP contribution in [0.3, 0.4) is 0 Å². The van der Waals surface area contributed by atoms with Crippen molar-refractivity contribution >= 4 is 32.6 Å². The van der Waals surface area contributed by atoms with Crippen LogP contribution in [0.15, 0.2) is 71.3 Å². The van der Waals surface area contributed by atoms with Crippen molar-refractivity contribution in [2.75, 3.05) is 12.0 Å². The first kappa shape index (κ1) is 16.4. The molecule has 2 heterocycles. The maximum Gasteiger partial charge on any atom is 0.260 e. The molecule has 2 aromatic carbocycles. The molecule has 1 amide bonds. The number of hydrogen-bond donors (Lipinski definition) is 0. The van der Waals surface area contributed by atoms with Gasteiger partial charge in [-0.1, -0.05) is 35.6 Å². The normalized spacial score (nSPS) is 10.8. The molecule has 0 aliphatic carbocycles. The number of fused-ring (bicyclic) bond motifs is 1. The van der Waals surface area contributed by atoms with Gasteiger partial charge in [-0.3, -0.25) is 9.69 Å². The Hall–Kier alpha value is -3.12. The van der Waals surface area contributed by atoms with Crippen LogP contribution in [0.25, 0.3) is 10.2 Å². The standard InChI is InChI=1S/C20H16N2O3S/c1-24-16-10-5-11-17-18(16)21-20(26-17)22(13-15-9-6-12-25-15)19(23)14-7-3-2-4-8-14/h2-12H,13H2,1H3. The molecule has 0 saturated carbocycles. The third-order valence-electron chi connectivity index (χ3n) is 3.98. The van der Waals surface area contributed by atoms with Crippen molar-refractivity contribution < 1.29 is 13.9 Å². The first-order valence-electron chi connectivity index (χ1n) is 8.09. The molecule has 0 unspecified atom stereocenters. The molecule has 5 nitrogen and oxygen atoms in total. The van der Waals surface area contributed by atoms with E-state index in [0.717, 1.165) is 10.2 Å². The Balaban J connectivity index is 1.78. The largest absolute Gasteiger partial charge is 0.494 e. The average Bonchev–Trinajstić information content (AvgIpc) is 3.35. The highest BCUT2D eigenvalue weighted by Crippen LogP contribution is 2.35. The van der Waals surface area contributed by atoms with Crippen molar-refractivity contribution in [2.24, 2.45) is 0 Å². The molecule has 0 saturated heterocycles. The topological polar surface area (TPSA) is 55.6 Å². The zero-order valence-electron chi connectivity index (χ0n) is 14.1. The number of carbonyl (C=O) groups is 1. The molecule has 0 spiro atoms. The lowest BCUT2D eigenvalue weighted by molar-refractivity contribution is 0.0983. The van der Waals surface area contributed by atoms with Crippen molar-refractivity contribution in [3.8, 4) is 5.75 Å². The molecule has 0 bridgehead atoms. The summed E-state index contributed by atoms with van der Waals surface area (Å²) in [6.45, 7) is 0.308. The van der Waals surface area contributed by atoms with Crippen LogP contribution in [0.5, 0.6) is 5.75 Å². The zero-order chi connectivity index (χ0) is 17.9. The fourth-order valence-corrected chi connectivity index (χ4v) is 3.69. The Morgan fingerprint density at radius 2 is 1.96 bits per heavy atom. The smallest absolute Gasteiger partial charge is 0.260 e. The van der Waals surface area contributed by atoms with Crippen LogP contribution in [0.1, 0.15) is 16.1 Å². The van der Waals surface area contributed by atoms with Crippen molar-refractivity contribution in [3.63, 3.8) is 0 Å². The summed E-state index contributed by atoms with van der Waals surface area (Å²) in [5, 5.41) is 0.606. The number of thiazole rings is 1. The molecule has 6 heteroatoms. The van der Waals surface area contributed by atoms with Gasteiger partial charge in [0.25, 0.3) is 5.91 Å². The molecule has 0 aliphatic heterocycles. The lowest BCUT2D eigenvalue weighted by Gasteiger charge is -2.18. The van der Waals surface area contributed by atoms with Crippen LogP contribution in [0.2, 0.25) is 0 Å². The number of para-hydroxylation sites is 1. The number of hydrogen-bond acceptors (Lipinski definition) is 5. The van der Waals surface area contributed by atoms with Crippen molar-refractivity contribution in [1.29, 1.82) is 0 Å². The second-order valence-corrected chi connectivity index (χ2v) is 6.65. The number of furan rings is 1. The van der Waals surface area contributed by atoms with E-state index in [1.165, 1.54) is 11.3 Å². The van der Waals surface area contributed by atoms with Gasteiger partial charge >= 0.3 is 0 Å². The molecule has 0 aliphatic rings. The fraction of sp³-hybridized carbons (Fsp3) is 0.100. The maximum atomic E-state index is 13.1. The van der Waals surface area contributed by atoms with E-state index in [0.29, 0.717) is 28.7 Å². The summed E-state index contributed by atoms with van der Waals surface area (Å²) in [5.74, 6) is 1.26. The van der Waals surface area contributed by atoms with Gasteiger partial charge in [0.15, 0.2) is 5.13 Å². The second-order valence-electron chi connectivity index (χ2n) is 5.64. The summed E-state index contributed by atoms with van der Waals surface area (Å²) in [4.78, 5) is 19.4. The summed E-state index contributed by atoms with van der Waals surface area (Å²) in [6, 6.07) is 18.6. The molecule has 0 radical (unpaired) electrons. The number of amides is 1. The van der Waals surface area contributed by atoms with E-state index in [1.807, 2.05) is 48.5 Å². The third-order valence-corrected chi connectivity index (χ3v) is 5.03. The number of benzene rings is 2. The number of nitrogens with zero attached hydrogens (tertiary/aromatic N) is 2. The van der Waals surface area contributed by atoms with E-state index in [2.05, 4.69) is 4.98 Å². The zero-order valence-corrected chi connectivity index (χ0v) is 14.9. The third kappa shape index (κ3) is 3.07. The predicted octanol–water partition coefficient (Wildman–Crippen LogP) is 4.74. The SMILES string of the molecule is COc1cccc2sc(N(Cc3ccco3)C(=O)c3ccccc3)nc12. The number of methoxy groups -OCH3 is 1. The number of aromatic nitrogens is 1. The van der Waals surface area contributed by atoms with Crippen LogP contribution in [-0.4, -0.2) is 18.0 Å². The van der Waals surface area contributed by atoms with E-state index in [1.54, 1.807) is 30.4 Å². The van der Waals surface area contributed by atoms with E-state index in [9.17, 15) is 4.79 Å². The Kier molecular flexibility index (Phi) is 4.41. The van der Waals surface area contributed by atoms with Gasteiger partial charge in [-0.15, -0.1) is 0 Å². The van der Waals surface area contributed by atoms with Gasteiger partial charge in [0.1, 0.15) is 17.0 Å². The van der Waals surface area contributed by atoms with Crippen molar-refractivity contribution in [2.45, 2.75) is 6.54 Å². The molecule has 26 heavy (non-hydrogen) atoms. The van der Waals surface area contributed by atoms with Crippen LogP contribution in [-0.2, 0) is 6.54 Å². The summed E-state index contributed by atoms with van der Waals surface area (Å²) in [7, 11) is 1.61. The molecule has 4 rings (SSSR count). The first-order chi connectivity index (χ1) is 12.8. The van der Waals surface area contributed by atoms with Gasteiger partial charge in [-0.25, -0.2) is 4.98 Å². The van der Waals surface area contributed by atoms with Gasteiger partial charge in [0, 0.05) is 5.56 Å². The minimum atomic E-state index is -0.125. The minimum absolute atomic E-state index is 0.125. The summed E-state index contributed by atoms with van der Waals surface area (Å²) < 4.78 is 11.8. The predicted molar refractivity (Wildman–Crippen MR) is 102 cm³/mol. The van der Waals surface area contributed by atoms with E-state index in [4.69, 9.17) is 9.15 Å². The molecule has 0 N–H and O–H groups in total. The Morgan fingerprint density at radius 3 is 2.69 bits per heavy atom.